The van der Waals surface area contributed by atoms with E-state index in [1.807, 2.05) is 28.9 Å². The van der Waals surface area contributed by atoms with Crippen LogP contribution < -0.4 is 9.80 Å². The molecule has 0 unspecified atom stereocenters. The van der Waals surface area contributed by atoms with Crippen LogP contribution in [0.15, 0.2) is 47.1 Å². The molecule has 4 rings (SSSR count). The molecule has 3 aromatic rings. The smallest absolute Gasteiger partial charge is 0.209 e. The molecule has 7 nitrogen and oxygen atoms in total. The highest BCUT2D eigenvalue weighted by atomic mass is 19.1. The summed E-state index contributed by atoms with van der Waals surface area (Å²) in [5.74, 6) is 1.58. The predicted octanol–water partition coefficient (Wildman–Crippen LogP) is 1.70. The Balaban J connectivity index is 1.48. The normalized spacial score (nSPS) is 16.4. The van der Waals surface area contributed by atoms with E-state index in [2.05, 4.69) is 27.3 Å². The fraction of sp³-hybridized carbons (Fsp3) is 0.450. The summed E-state index contributed by atoms with van der Waals surface area (Å²) in [7, 11) is 0. The fourth-order valence-corrected chi connectivity index (χ4v) is 4.02. The topological polar surface area (TPSA) is 64.4 Å². The molecule has 1 aliphatic rings. The van der Waals surface area contributed by atoms with Crippen LogP contribution >= 0.6 is 0 Å². The molecule has 0 saturated carbocycles. The molecule has 0 radical (unpaired) electrons. The zero-order valence-corrected chi connectivity index (χ0v) is 16.1. The summed E-state index contributed by atoms with van der Waals surface area (Å²) in [5.41, 5.74) is 0.691. The minimum Gasteiger partial charge on any atom is -0.467 e. The van der Waals surface area contributed by atoms with Gasteiger partial charge in [-0.3, -0.25) is 0 Å². The van der Waals surface area contributed by atoms with Crippen molar-refractivity contribution in [1.29, 1.82) is 0 Å². The van der Waals surface area contributed by atoms with Crippen molar-refractivity contribution in [3.05, 3.63) is 60.1 Å². The average molecular weight is 385 g/mol. The lowest BCUT2D eigenvalue weighted by Crippen LogP contribution is -3.15. The van der Waals surface area contributed by atoms with Crippen LogP contribution in [0.5, 0.6) is 0 Å². The highest BCUT2D eigenvalue weighted by Gasteiger charge is 2.32. The Morgan fingerprint density at radius 1 is 1.18 bits per heavy atom. The molecule has 1 fully saturated rings. The molecular weight excluding hydrogens is 359 g/mol. The molecule has 0 aliphatic carbocycles. The molecule has 1 aromatic carbocycles. The number of para-hydroxylation sites is 1. The van der Waals surface area contributed by atoms with Gasteiger partial charge in [-0.25, -0.2) is 9.07 Å². The lowest BCUT2D eigenvalue weighted by atomic mass is 10.1. The first-order valence-electron chi connectivity index (χ1n) is 9.88. The van der Waals surface area contributed by atoms with E-state index in [-0.39, 0.29) is 11.9 Å². The number of furan rings is 1. The summed E-state index contributed by atoms with van der Waals surface area (Å²) >= 11 is 0. The van der Waals surface area contributed by atoms with Crippen LogP contribution in [-0.4, -0.2) is 46.4 Å². The first-order valence-corrected chi connectivity index (χ1v) is 9.88. The number of aromatic nitrogens is 4. The molecular formula is C20H26FN6O+. The summed E-state index contributed by atoms with van der Waals surface area (Å²) in [6.07, 6.45) is 3.72. The van der Waals surface area contributed by atoms with Gasteiger partial charge in [-0.1, -0.05) is 25.5 Å². The van der Waals surface area contributed by atoms with E-state index < -0.39 is 0 Å². The van der Waals surface area contributed by atoms with Gasteiger partial charge in [0.2, 0.25) is 5.82 Å². The second-order valence-electron chi connectivity index (χ2n) is 7.21. The summed E-state index contributed by atoms with van der Waals surface area (Å²) in [6.45, 7) is 6.19. The Morgan fingerprint density at radius 3 is 2.71 bits per heavy atom. The van der Waals surface area contributed by atoms with E-state index in [0.717, 1.165) is 50.6 Å². The maximum Gasteiger partial charge on any atom is 0.209 e. The number of anilines is 1. The first kappa shape index (κ1) is 18.6. The third kappa shape index (κ3) is 3.91. The molecule has 0 amide bonds. The monoisotopic (exact) mass is 385 g/mol. The van der Waals surface area contributed by atoms with E-state index in [1.54, 1.807) is 12.3 Å². The highest BCUT2D eigenvalue weighted by molar-refractivity contribution is 5.47. The van der Waals surface area contributed by atoms with Gasteiger partial charge in [0.1, 0.15) is 24.2 Å². The quantitative estimate of drug-likeness (QED) is 0.671. The zero-order chi connectivity index (χ0) is 19.3. The number of tetrazole rings is 1. The Labute approximate surface area is 163 Å². The van der Waals surface area contributed by atoms with Gasteiger partial charge in [-0.2, -0.15) is 0 Å². The number of nitrogens with zero attached hydrogens (tertiary/aromatic N) is 5. The molecule has 1 N–H and O–H groups in total. The Bertz CT molecular complexity index is 872. The molecule has 148 valence electrons. The number of quaternary nitrogens is 1. The average Bonchev–Trinajstić information content (AvgIpc) is 3.39. The van der Waals surface area contributed by atoms with Crippen molar-refractivity contribution >= 4 is 5.69 Å². The van der Waals surface area contributed by atoms with Crippen molar-refractivity contribution in [2.24, 2.45) is 0 Å². The van der Waals surface area contributed by atoms with Crippen molar-refractivity contribution in [3.8, 4) is 0 Å². The molecule has 28 heavy (non-hydrogen) atoms. The minimum atomic E-state index is -0.154. The van der Waals surface area contributed by atoms with Gasteiger partial charge in [0.15, 0.2) is 0 Å². The van der Waals surface area contributed by atoms with Crippen molar-refractivity contribution in [2.45, 2.75) is 32.4 Å². The van der Waals surface area contributed by atoms with Crippen LogP contribution in [0.2, 0.25) is 0 Å². The maximum atomic E-state index is 14.1. The highest BCUT2D eigenvalue weighted by Crippen LogP contribution is 2.19. The number of halogens is 1. The Hall–Kier alpha value is -2.74. The van der Waals surface area contributed by atoms with Crippen molar-refractivity contribution in [1.82, 2.24) is 20.2 Å². The predicted molar refractivity (Wildman–Crippen MR) is 103 cm³/mol. The van der Waals surface area contributed by atoms with E-state index >= 15 is 0 Å². The fourth-order valence-electron chi connectivity index (χ4n) is 4.02. The van der Waals surface area contributed by atoms with Gasteiger partial charge < -0.3 is 14.2 Å². The lowest BCUT2D eigenvalue weighted by Gasteiger charge is -2.37. The van der Waals surface area contributed by atoms with Crippen LogP contribution in [0.1, 0.15) is 37.4 Å². The van der Waals surface area contributed by atoms with Crippen molar-refractivity contribution in [3.63, 3.8) is 0 Å². The van der Waals surface area contributed by atoms with Crippen LogP contribution in [0, 0.1) is 5.82 Å². The van der Waals surface area contributed by atoms with Crippen LogP contribution in [-0.2, 0) is 6.54 Å². The minimum absolute atomic E-state index is 0.154. The van der Waals surface area contributed by atoms with Gasteiger partial charge in [0, 0.05) is 6.42 Å². The SMILES string of the molecule is CCC[C@@H](c1nnnn1Cc1ccco1)[NH+]1CCN(c2ccccc2F)CC1. The van der Waals surface area contributed by atoms with Gasteiger partial charge in [-0.05, 0) is 34.7 Å². The number of rotatable bonds is 7. The summed E-state index contributed by atoms with van der Waals surface area (Å²) in [5, 5.41) is 12.5. The van der Waals surface area contributed by atoms with Crippen molar-refractivity contribution in [2.75, 3.05) is 31.1 Å². The summed E-state index contributed by atoms with van der Waals surface area (Å²) < 4.78 is 21.4. The number of benzene rings is 1. The van der Waals surface area contributed by atoms with Gasteiger partial charge >= 0.3 is 0 Å². The summed E-state index contributed by atoms with van der Waals surface area (Å²) in [4.78, 5) is 3.58. The van der Waals surface area contributed by atoms with Gasteiger partial charge in [-0.15, -0.1) is 5.10 Å². The Morgan fingerprint density at radius 2 is 2.00 bits per heavy atom. The zero-order valence-electron chi connectivity index (χ0n) is 16.1. The number of hydrogen-bond donors (Lipinski definition) is 1. The third-order valence-electron chi connectivity index (χ3n) is 5.43. The lowest BCUT2D eigenvalue weighted by molar-refractivity contribution is -0.933. The second-order valence-corrected chi connectivity index (χ2v) is 7.21. The van der Waals surface area contributed by atoms with Gasteiger partial charge in [0.05, 0.1) is 38.1 Å². The maximum absolute atomic E-state index is 14.1. The third-order valence-corrected chi connectivity index (χ3v) is 5.43. The van der Waals surface area contributed by atoms with E-state index in [1.165, 1.54) is 11.0 Å². The molecule has 3 heterocycles. The second kappa shape index (κ2) is 8.52. The van der Waals surface area contributed by atoms with Crippen LogP contribution in [0.3, 0.4) is 0 Å². The molecule has 0 bridgehead atoms. The molecule has 1 aliphatic heterocycles. The first-order chi connectivity index (χ1) is 13.8. The number of piperazine rings is 1. The van der Waals surface area contributed by atoms with Crippen LogP contribution in [0.25, 0.3) is 0 Å². The Kier molecular flexibility index (Phi) is 5.66. The molecule has 2 aromatic heterocycles. The van der Waals surface area contributed by atoms with Crippen LogP contribution in [0.4, 0.5) is 10.1 Å². The van der Waals surface area contributed by atoms with E-state index in [0.29, 0.717) is 12.2 Å². The number of nitrogens with one attached hydrogen (secondary N) is 1. The number of hydrogen-bond acceptors (Lipinski definition) is 5. The molecule has 1 saturated heterocycles. The molecule has 1 atom stereocenters. The largest absolute Gasteiger partial charge is 0.467 e. The standard InChI is InChI=1S/C20H25FN6O/c1-2-6-19(20-22-23-24-27(20)15-16-7-5-14-28-16)26-12-10-25(11-13-26)18-9-4-3-8-17(18)21/h3-5,7-9,14,19H,2,6,10-13,15H2,1H3/p+1/t19-/m0/s1. The van der Waals surface area contributed by atoms with Crippen molar-refractivity contribution < 1.29 is 13.7 Å². The molecule has 0 spiro atoms. The van der Waals surface area contributed by atoms with E-state index in [4.69, 9.17) is 4.42 Å². The van der Waals surface area contributed by atoms with Gasteiger partial charge in [0.25, 0.3) is 0 Å². The summed E-state index contributed by atoms with van der Waals surface area (Å²) in [6, 6.07) is 11.0. The van der Waals surface area contributed by atoms with E-state index in [9.17, 15) is 4.39 Å². The molecule has 8 heteroatoms.